The standard InChI is InChI=1S/C17H17FN4O5/c1-27-7-6-22-14-13(16(25)21-17(22)26)9(8-12(23)20-14)15(24)19-11-5-3-2-4-10(11)18/h2-5,9H,6-8H2,1H3,(H,19,24)(H,20,23)(H,21,25,26)/t9-/m1/s1. The molecule has 142 valence electrons. The fraction of sp³-hybridized carbons (Fsp3) is 0.294. The van der Waals surface area contributed by atoms with Gasteiger partial charge in [0.15, 0.2) is 0 Å². The molecule has 3 N–H and O–H groups in total. The minimum Gasteiger partial charge on any atom is -0.383 e. The summed E-state index contributed by atoms with van der Waals surface area (Å²) in [6, 6.07) is 5.54. The molecular weight excluding hydrogens is 359 g/mol. The number of amides is 2. The van der Waals surface area contributed by atoms with Crippen molar-refractivity contribution in [2.45, 2.75) is 18.9 Å². The van der Waals surface area contributed by atoms with Crippen molar-refractivity contribution in [1.82, 2.24) is 9.55 Å². The van der Waals surface area contributed by atoms with Crippen molar-refractivity contribution in [2.24, 2.45) is 0 Å². The molecule has 0 saturated carbocycles. The van der Waals surface area contributed by atoms with Gasteiger partial charge in [-0.1, -0.05) is 12.1 Å². The van der Waals surface area contributed by atoms with Gasteiger partial charge in [-0.15, -0.1) is 0 Å². The van der Waals surface area contributed by atoms with Crippen LogP contribution in [0.25, 0.3) is 0 Å². The summed E-state index contributed by atoms with van der Waals surface area (Å²) in [5.41, 5.74) is -1.64. The molecule has 2 aromatic rings. The van der Waals surface area contributed by atoms with E-state index in [1.165, 1.54) is 31.4 Å². The van der Waals surface area contributed by atoms with Crippen molar-refractivity contribution >= 4 is 23.3 Å². The van der Waals surface area contributed by atoms with Gasteiger partial charge in [-0.3, -0.25) is 23.9 Å². The molecule has 27 heavy (non-hydrogen) atoms. The molecule has 0 unspecified atom stereocenters. The summed E-state index contributed by atoms with van der Waals surface area (Å²) in [5.74, 6) is -3.13. The van der Waals surface area contributed by atoms with Gasteiger partial charge in [0, 0.05) is 13.5 Å². The number of nitrogens with one attached hydrogen (secondary N) is 3. The Bertz CT molecular complexity index is 1010. The van der Waals surface area contributed by atoms with Gasteiger partial charge < -0.3 is 15.4 Å². The second-order valence-corrected chi connectivity index (χ2v) is 5.94. The number of H-pyrrole nitrogens is 1. The minimum absolute atomic E-state index is 0.0502. The Labute approximate surface area is 152 Å². The molecule has 1 aromatic carbocycles. The highest BCUT2D eigenvalue weighted by Crippen LogP contribution is 2.30. The van der Waals surface area contributed by atoms with Crippen LogP contribution in [-0.4, -0.2) is 35.1 Å². The van der Waals surface area contributed by atoms with Crippen LogP contribution < -0.4 is 21.9 Å². The number of rotatable bonds is 5. The number of fused-ring (bicyclic) bond motifs is 1. The third-order valence-corrected chi connectivity index (χ3v) is 4.20. The molecule has 3 rings (SSSR count). The van der Waals surface area contributed by atoms with E-state index in [1.54, 1.807) is 0 Å². The number of carbonyl (C=O) groups is 2. The van der Waals surface area contributed by atoms with E-state index in [0.29, 0.717) is 0 Å². The number of halogens is 1. The van der Waals surface area contributed by atoms with Crippen LogP contribution in [0.2, 0.25) is 0 Å². The zero-order chi connectivity index (χ0) is 19.6. The predicted molar refractivity (Wildman–Crippen MR) is 94.2 cm³/mol. The van der Waals surface area contributed by atoms with Crippen molar-refractivity contribution in [1.29, 1.82) is 0 Å². The third kappa shape index (κ3) is 3.65. The topological polar surface area (TPSA) is 122 Å². The number of aromatic amines is 1. The minimum atomic E-state index is -1.17. The zero-order valence-electron chi connectivity index (χ0n) is 14.4. The van der Waals surface area contributed by atoms with Crippen LogP contribution >= 0.6 is 0 Å². The van der Waals surface area contributed by atoms with Crippen molar-refractivity contribution < 1.29 is 18.7 Å². The van der Waals surface area contributed by atoms with Gasteiger partial charge in [0.05, 0.1) is 30.3 Å². The Morgan fingerprint density at radius 1 is 1.33 bits per heavy atom. The third-order valence-electron chi connectivity index (χ3n) is 4.20. The van der Waals surface area contributed by atoms with E-state index in [4.69, 9.17) is 4.74 Å². The van der Waals surface area contributed by atoms with E-state index in [1.807, 2.05) is 0 Å². The van der Waals surface area contributed by atoms with Crippen molar-refractivity contribution in [3.63, 3.8) is 0 Å². The van der Waals surface area contributed by atoms with Crippen molar-refractivity contribution in [2.75, 3.05) is 24.4 Å². The number of benzene rings is 1. The monoisotopic (exact) mass is 376 g/mol. The van der Waals surface area contributed by atoms with E-state index >= 15 is 0 Å². The first-order valence-electron chi connectivity index (χ1n) is 8.13. The number of carbonyl (C=O) groups excluding carboxylic acids is 2. The number of nitrogens with zero attached hydrogens (tertiary/aromatic N) is 1. The molecular formula is C17H17FN4O5. The molecule has 0 saturated heterocycles. The molecule has 0 radical (unpaired) electrons. The normalized spacial score (nSPS) is 15.8. The number of anilines is 2. The maximum absolute atomic E-state index is 13.8. The van der Waals surface area contributed by atoms with Crippen LogP contribution in [0.15, 0.2) is 33.9 Å². The summed E-state index contributed by atoms with van der Waals surface area (Å²) in [7, 11) is 1.44. The van der Waals surface area contributed by atoms with E-state index in [0.717, 1.165) is 4.57 Å². The molecule has 9 nitrogen and oxygen atoms in total. The molecule has 0 aliphatic carbocycles. The SMILES string of the molecule is COCCn1c2c(c(=O)[nH]c1=O)[C@H](C(=O)Nc1ccccc1F)CC(=O)N2. The molecule has 2 heterocycles. The van der Waals surface area contributed by atoms with Gasteiger partial charge in [-0.05, 0) is 12.1 Å². The summed E-state index contributed by atoms with van der Waals surface area (Å²) < 4.78 is 19.9. The van der Waals surface area contributed by atoms with Crippen molar-refractivity contribution in [3.8, 4) is 0 Å². The first-order valence-corrected chi connectivity index (χ1v) is 8.13. The number of ether oxygens (including phenoxy) is 1. The average Bonchev–Trinajstić information content (AvgIpc) is 2.62. The van der Waals surface area contributed by atoms with Crippen LogP contribution in [0.4, 0.5) is 15.9 Å². The maximum Gasteiger partial charge on any atom is 0.330 e. The summed E-state index contributed by atoms with van der Waals surface area (Å²) in [6.45, 7) is 0.219. The number of para-hydroxylation sites is 1. The van der Waals surface area contributed by atoms with Crippen LogP contribution in [0.5, 0.6) is 0 Å². The average molecular weight is 376 g/mol. The Morgan fingerprint density at radius 3 is 2.78 bits per heavy atom. The van der Waals surface area contributed by atoms with E-state index in [9.17, 15) is 23.6 Å². The highest BCUT2D eigenvalue weighted by atomic mass is 19.1. The van der Waals surface area contributed by atoms with Gasteiger partial charge in [0.2, 0.25) is 11.8 Å². The molecule has 1 atom stereocenters. The highest BCUT2D eigenvalue weighted by Gasteiger charge is 2.35. The fourth-order valence-corrected chi connectivity index (χ4v) is 2.92. The lowest BCUT2D eigenvalue weighted by Gasteiger charge is -2.26. The number of hydrogen-bond acceptors (Lipinski definition) is 5. The Morgan fingerprint density at radius 2 is 2.07 bits per heavy atom. The number of hydrogen-bond donors (Lipinski definition) is 3. The van der Waals surface area contributed by atoms with Crippen LogP contribution in [0, 0.1) is 5.82 Å². The molecule has 10 heteroatoms. The molecule has 0 bridgehead atoms. The first-order chi connectivity index (χ1) is 12.9. The molecule has 1 aliphatic rings. The second kappa shape index (κ2) is 7.54. The largest absolute Gasteiger partial charge is 0.383 e. The van der Waals surface area contributed by atoms with Gasteiger partial charge in [-0.2, -0.15) is 0 Å². The number of methoxy groups -OCH3 is 1. The lowest BCUT2D eigenvalue weighted by Crippen LogP contribution is -2.43. The number of aromatic nitrogens is 2. The van der Waals surface area contributed by atoms with Crippen LogP contribution in [0.3, 0.4) is 0 Å². The lowest BCUT2D eigenvalue weighted by molar-refractivity contribution is -0.123. The quantitative estimate of drug-likeness (QED) is 0.697. The highest BCUT2D eigenvalue weighted by molar-refractivity contribution is 6.04. The molecule has 0 fully saturated rings. The maximum atomic E-state index is 13.8. The van der Waals surface area contributed by atoms with Crippen molar-refractivity contribution in [3.05, 3.63) is 56.5 Å². The van der Waals surface area contributed by atoms with Crippen LogP contribution in [0.1, 0.15) is 17.9 Å². The zero-order valence-corrected chi connectivity index (χ0v) is 14.4. The Balaban J connectivity index is 2.04. The molecule has 1 aromatic heterocycles. The van der Waals surface area contributed by atoms with Gasteiger partial charge in [0.1, 0.15) is 11.6 Å². The molecule has 0 spiro atoms. The Kier molecular flexibility index (Phi) is 5.17. The summed E-state index contributed by atoms with van der Waals surface area (Å²) in [6.07, 6.45) is -0.307. The first kappa shape index (κ1) is 18.5. The second-order valence-electron chi connectivity index (χ2n) is 5.94. The van der Waals surface area contributed by atoms with Gasteiger partial charge in [-0.25, -0.2) is 9.18 Å². The van der Waals surface area contributed by atoms with E-state index in [-0.39, 0.29) is 36.6 Å². The van der Waals surface area contributed by atoms with E-state index in [2.05, 4.69) is 15.6 Å². The lowest BCUT2D eigenvalue weighted by atomic mass is 9.92. The molecule has 2 amide bonds. The fourth-order valence-electron chi connectivity index (χ4n) is 2.92. The van der Waals surface area contributed by atoms with Crippen LogP contribution in [-0.2, 0) is 20.9 Å². The summed E-state index contributed by atoms with van der Waals surface area (Å²) >= 11 is 0. The molecule has 1 aliphatic heterocycles. The summed E-state index contributed by atoms with van der Waals surface area (Å²) in [5, 5.41) is 4.86. The Hall–Kier alpha value is -3.27. The van der Waals surface area contributed by atoms with E-state index < -0.39 is 34.8 Å². The van der Waals surface area contributed by atoms with Gasteiger partial charge >= 0.3 is 5.69 Å². The van der Waals surface area contributed by atoms with Gasteiger partial charge in [0.25, 0.3) is 5.56 Å². The predicted octanol–water partition coefficient (Wildman–Crippen LogP) is 0.387. The summed E-state index contributed by atoms with van der Waals surface area (Å²) in [4.78, 5) is 51.3. The smallest absolute Gasteiger partial charge is 0.330 e.